The van der Waals surface area contributed by atoms with Gasteiger partial charge in [0.25, 0.3) is 0 Å². The summed E-state index contributed by atoms with van der Waals surface area (Å²) in [4.78, 5) is 0. The van der Waals surface area contributed by atoms with Crippen LogP contribution in [0, 0.1) is 0 Å². The molecule has 1 heteroatoms. The highest BCUT2D eigenvalue weighted by molar-refractivity contribution is 5.82. The second-order valence-corrected chi connectivity index (χ2v) is 7.90. The van der Waals surface area contributed by atoms with Gasteiger partial charge in [-0.2, -0.15) is 0 Å². The van der Waals surface area contributed by atoms with Crippen molar-refractivity contribution in [2.75, 3.05) is 5.73 Å². The van der Waals surface area contributed by atoms with E-state index in [-0.39, 0.29) is 0 Å². The van der Waals surface area contributed by atoms with Crippen LogP contribution in [0.3, 0.4) is 0 Å². The van der Waals surface area contributed by atoms with Crippen LogP contribution in [0.5, 0.6) is 0 Å². The minimum absolute atomic E-state index is 1.03. The SMILES string of the molecule is CCCCCCc1c(N)cc2c(c1CCCCCC)Cc1ccccc1-2. The molecule has 0 bridgehead atoms. The molecule has 3 rings (SSSR count). The lowest BCUT2D eigenvalue weighted by molar-refractivity contribution is 0.650. The van der Waals surface area contributed by atoms with Gasteiger partial charge in [0, 0.05) is 5.69 Å². The van der Waals surface area contributed by atoms with Gasteiger partial charge in [0.1, 0.15) is 0 Å². The van der Waals surface area contributed by atoms with E-state index in [1.165, 1.54) is 80.0 Å². The highest BCUT2D eigenvalue weighted by atomic mass is 14.6. The molecule has 0 spiro atoms. The molecule has 1 aliphatic rings. The van der Waals surface area contributed by atoms with E-state index in [0.29, 0.717) is 0 Å². The number of unbranched alkanes of at least 4 members (excludes halogenated alkanes) is 6. The van der Waals surface area contributed by atoms with E-state index in [9.17, 15) is 0 Å². The van der Waals surface area contributed by atoms with Gasteiger partial charge in [-0.3, -0.25) is 0 Å². The van der Waals surface area contributed by atoms with Gasteiger partial charge in [-0.15, -0.1) is 0 Å². The second kappa shape index (κ2) is 9.26. The van der Waals surface area contributed by atoms with Gasteiger partial charge in [-0.1, -0.05) is 76.6 Å². The first-order valence-corrected chi connectivity index (χ1v) is 10.8. The molecule has 140 valence electrons. The molecule has 0 atom stereocenters. The number of anilines is 1. The average Bonchev–Trinajstić information content (AvgIpc) is 3.02. The molecule has 0 saturated heterocycles. The third-order valence-corrected chi connectivity index (χ3v) is 5.94. The molecule has 0 saturated carbocycles. The summed E-state index contributed by atoms with van der Waals surface area (Å²) in [6.45, 7) is 4.56. The Morgan fingerprint density at radius 2 is 1.42 bits per heavy atom. The molecule has 26 heavy (non-hydrogen) atoms. The molecular formula is C25H35N. The van der Waals surface area contributed by atoms with Gasteiger partial charge in [-0.05, 0) is 71.6 Å². The van der Waals surface area contributed by atoms with E-state index in [4.69, 9.17) is 5.73 Å². The van der Waals surface area contributed by atoms with E-state index >= 15 is 0 Å². The van der Waals surface area contributed by atoms with Gasteiger partial charge in [0.05, 0.1) is 0 Å². The van der Waals surface area contributed by atoms with Crippen LogP contribution in [0.25, 0.3) is 11.1 Å². The number of rotatable bonds is 10. The first-order chi connectivity index (χ1) is 12.8. The monoisotopic (exact) mass is 349 g/mol. The first kappa shape index (κ1) is 19.0. The minimum Gasteiger partial charge on any atom is -0.398 e. The van der Waals surface area contributed by atoms with Crippen molar-refractivity contribution in [2.24, 2.45) is 0 Å². The zero-order valence-corrected chi connectivity index (χ0v) is 16.7. The van der Waals surface area contributed by atoms with Crippen LogP contribution in [0.15, 0.2) is 30.3 Å². The van der Waals surface area contributed by atoms with Crippen molar-refractivity contribution in [1.29, 1.82) is 0 Å². The van der Waals surface area contributed by atoms with E-state index in [1.54, 1.807) is 11.1 Å². The number of fused-ring (bicyclic) bond motifs is 3. The highest BCUT2D eigenvalue weighted by Gasteiger charge is 2.24. The maximum atomic E-state index is 6.60. The molecule has 0 aliphatic heterocycles. The van der Waals surface area contributed by atoms with Crippen molar-refractivity contribution in [3.8, 4) is 11.1 Å². The summed E-state index contributed by atoms with van der Waals surface area (Å²) in [5, 5.41) is 0. The fraction of sp³-hybridized carbons (Fsp3) is 0.520. The summed E-state index contributed by atoms with van der Waals surface area (Å²) in [7, 11) is 0. The van der Waals surface area contributed by atoms with Crippen LogP contribution < -0.4 is 5.73 Å². The number of hydrogen-bond acceptors (Lipinski definition) is 1. The zero-order chi connectivity index (χ0) is 18.4. The maximum absolute atomic E-state index is 6.60. The molecule has 1 nitrogen and oxygen atoms in total. The van der Waals surface area contributed by atoms with Gasteiger partial charge in [0.2, 0.25) is 0 Å². The van der Waals surface area contributed by atoms with E-state index in [1.807, 2.05) is 0 Å². The van der Waals surface area contributed by atoms with Crippen molar-refractivity contribution < 1.29 is 0 Å². The lowest BCUT2D eigenvalue weighted by Gasteiger charge is -2.18. The Bertz CT molecular complexity index is 729. The third-order valence-electron chi connectivity index (χ3n) is 5.94. The molecule has 0 unspecified atom stereocenters. The Balaban J connectivity index is 1.89. The smallest absolute Gasteiger partial charge is 0.0355 e. The fourth-order valence-electron chi connectivity index (χ4n) is 4.47. The number of hydrogen-bond donors (Lipinski definition) is 1. The normalized spacial score (nSPS) is 12.2. The predicted octanol–water partition coefficient (Wildman–Crippen LogP) is 7.09. The highest BCUT2D eigenvalue weighted by Crippen LogP contribution is 2.42. The number of benzene rings is 2. The molecule has 2 aromatic carbocycles. The van der Waals surface area contributed by atoms with Crippen LogP contribution in [-0.2, 0) is 19.3 Å². The summed E-state index contributed by atoms with van der Waals surface area (Å²) < 4.78 is 0. The largest absolute Gasteiger partial charge is 0.398 e. The number of nitrogen functional groups attached to an aromatic ring is 1. The molecule has 2 N–H and O–H groups in total. The zero-order valence-electron chi connectivity index (χ0n) is 16.7. The third kappa shape index (κ3) is 4.14. The summed E-state index contributed by atoms with van der Waals surface area (Å²) >= 11 is 0. The minimum atomic E-state index is 1.03. The Morgan fingerprint density at radius 3 is 2.12 bits per heavy atom. The number of nitrogens with two attached hydrogens (primary N) is 1. The van der Waals surface area contributed by atoms with Gasteiger partial charge in [-0.25, -0.2) is 0 Å². The lowest BCUT2D eigenvalue weighted by atomic mass is 9.88. The quantitative estimate of drug-likeness (QED) is 0.307. The van der Waals surface area contributed by atoms with Crippen molar-refractivity contribution in [3.63, 3.8) is 0 Å². The topological polar surface area (TPSA) is 26.0 Å². The molecule has 2 aromatic rings. The Kier molecular flexibility index (Phi) is 6.77. The molecule has 0 amide bonds. The summed E-state index contributed by atoms with van der Waals surface area (Å²) in [5.41, 5.74) is 16.5. The second-order valence-electron chi connectivity index (χ2n) is 7.90. The summed E-state index contributed by atoms with van der Waals surface area (Å²) in [5.74, 6) is 0. The van der Waals surface area contributed by atoms with Crippen LogP contribution in [0.4, 0.5) is 5.69 Å². The average molecular weight is 350 g/mol. The summed E-state index contributed by atoms with van der Waals surface area (Å²) in [6, 6.07) is 11.1. The molecule has 0 heterocycles. The van der Waals surface area contributed by atoms with Gasteiger partial charge < -0.3 is 5.73 Å². The van der Waals surface area contributed by atoms with Gasteiger partial charge >= 0.3 is 0 Å². The molecule has 0 radical (unpaired) electrons. The van der Waals surface area contributed by atoms with Crippen LogP contribution in [0.1, 0.15) is 87.5 Å². The lowest BCUT2D eigenvalue weighted by Crippen LogP contribution is -2.05. The van der Waals surface area contributed by atoms with E-state index in [0.717, 1.165) is 18.5 Å². The molecule has 1 aliphatic carbocycles. The van der Waals surface area contributed by atoms with E-state index < -0.39 is 0 Å². The molecule has 0 fully saturated rings. The van der Waals surface area contributed by atoms with Crippen molar-refractivity contribution in [2.45, 2.75) is 84.5 Å². The predicted molar refractivity (Wildman–Crippen MR) is 115 cm³/mol. The Labute approximate surface area is 160 Å². The Hall–Kier alpha value is -1.76. The van der Waals surface area contributed by atoms with Crippen LogP contribution in [0.2, 0.25) is 0 Å². The van der Waals surface area contributed by atoms with Crippen molar-refractivity contribution in [3.05, 3.63) is 52.6 Å². The van der Waals surface area contributed by atoms with Crippen LogP contribution >= 0.6 is 0 Å². The first-order valence-electron chi connectivity index (χ1n) is 10.8. The Morgan fingerprint density at radius 1 is 0.769 bits per heavy atom. The van der Waals surface area contributed by atoms with Crippen molar-refractivity contribution >= 4 is 5.69 Å². The van der Waals surface area contributed by atoms with Gasteiger partial charge in [0.15, 0.2) is 0 Å². The van der Waals surface area contributed by atoms with Crippen LogP contribution in [-0.4, -0.2) is 0 Å². The molecule has 0 aromatic heterocycles. The fourth-order valence-corrected chi connectivity index (χ4v) is 4.47. The standard InChI is InChI=1S/C25H35N/c1-3-5-7-9-15-21-22(16-10-8-6-4-2)25(26)18-24-20-14-12-11-13-19(20)17-23(21)24/h11-14,18H,3-10,15-17,26H2,1-2H3. The van der Waals surface area contributed by atoms with Crippen molar-refractivity contribution in [1.82, 2.24) is 0 Å². The molecular weight excluding hydrogens is 314 g/mol. The maximum Gasteiger partial charge on any atom is 0.0355 e. The summed E-state index contributed by atoms with van der Waals surface area (Å²) in [6.07, 6.45) is 13.9. The van der Waals surface area contributed by atoms with E-state index in [2.05, 4.69) is 44.2 Å².